The van der Waals surface area contributed by atoms with Crippen LogP contribution in [0.2, 0.25) is 0 Å². The van der Waals surface area contributed by atoms with Gasteiger partial charge in [0.05, 0.1) is 11.6 Å². The van der Waals surface area contributed by atoms with Gasteiger partial charge >= 0.3 is 0 Å². The Morgan fingerprint density at radius 3 is 2.72 bits per heavy atom. The summed E-state index contributed by atoms with van der Waals surface area (Å²) in [5, 5.41) is 0. The average molecular weight is 386 g/mol. The van der Waals surface area contributed by atoms with Gasteiger partial charge in [-0.3, -0.25) is 19.6 Å². The van der Waals surface area contributed by atoms with E-state index in [2.05, 4.69) is 29.0 Å². The van der Waals surface area contributed by atoms with E-state index in [0.29, 0.717) is 11.1 Å². The van der Waals surface area contributed by atoms with Gasteiger partial charge in [0.2, 0.25) is 0 Å². The second-order valence-electron chi connectivity index (χ2n) is 7.25. The lowest BCUT2D eigenvalue weighted by molar-refractivity contribution is 0.0655. The van der Waals surface area contributed by atoms with Gasteiger partial charge in [0.15, 0.2) is 0 Å². The Hall–Kier alpha value is -3.54. The summed E-state index contributed by atoms with van der Waals surface area (Å²) in [6, 6.07) is 13.2. The number of carbonyl (C=O) groups excluding carboxylic acids is 2. The van der Waals surface area contributed by atoms with E-state index < -0.39 is 5.91 Å². The standard InChI is InChI=1S/C23H22N4O2/c1-15-5-2-8-19-18(15)9-10-20(19)27(23(29)16-6-3-11-25-13-16)14-17-7-4-12-26-21(17)22(24)28/h2-8,11-13,20H,9-10,14H2,1H3,(H2,24,28)/t20-/m1/s1. The van der Waals surface area contributed by atoms with E-state index in [1.54, 1.807) is 36.7 Å². The first kappa shape index (κ1) is 18.8. The Morgan fingerprint density at radius 2 is 1.97 bits per heavy atom. The van der Waals surface area contributed by atoms with Crippen LogP contribution in [-0.4, -0.2) is 26.7 Å². The van der Waals surface area contributed by atoms with Crippen molar-refractivity contribution in [1.82, 2.24) is 14.9 Å². The number of aromatic nitrogens is 2. The summed E-state index contributed by atoms with van der Waals surface area (Å²) in [4.78, 5) is 35.3. The third-order valence-electron chi connectivity index (χ3n) is 5.48. The highest BCUT2D eigenvalue weighted by molar-refractivity contribution is 5.95. The first-order valence-electron chi connectivity index (χ1n) is 9.59. The number of aryl methyl sites for hydroxylation is 1. The van der Waals surface area contributed by atoms with Gasteiger partial charge in [-0.15, -0.1) is 0 Å². The lowest BCUT2D eigenvalue weighted by Gasteiger charge is -2.30. The van der Waals surface area contributed by atoms with Crippen LogP contribution < -0.4 is 5.73 Å². The Balaban J connectivity index is 1.77. The van der Waals surface area contributed by atoms with Crippen LogP contribution in [0.3, 0.4) is 0 Å². The molecule has 0 fully saturated rings. The highest BCUT2D eigenvalue weighted by Gasteiger charge is 2.33. The number of hydrogen-bond donors (Lipinski definition) is 1. The van der Waals surface area contributed by atoms with Gasteiger partial charge in [-0.1, -0.05) is 24.3 Å². The maximum atomic E-state index is 13.5. The molecule has 4 rings (SSSR count). The van der Waals surface area contributed by atoms with Gasteiger partial charge in [-0.05, 0) is 54.7 Å². The second kappa shape index (κ2) is 7.83. The molecule has 0 radical (unpaired) electrons. The summed E-state index contributed by atoms with van der Waals surface area (Å²) in [7, 11) is 0. The summed E-state index contributed by atoms with van der Waals surface area (Å²) in [6.07, 6.45) is 6.49. The van der Waals surface area contributed by atoms with Gasteiger partial charge < -0.3 is 10.6 Å². The maximum absolute atomic E-state index is 13.5. The number of benzene rings is 1. The Labute approximate surface area is 169 Å². The fourth-order valence-corrected chi connectivity index (χ4v) is 4.09. The van der Waals surface area contributed by atoms with Crippen LogP contribution in [0.5, 0.6) is 0 Å². The van der Waals surface area contributed by atoms with Crippen LogP contribution in [0.4, 0.5) is 0 Å². The Morgan fingerprint density at radius 1 is 1.14 bits per heavy atom. The summed E-state index contributed by atoms with van der Waals surface area (Å²) in [5.41, 5.74) is 10.5. The van der Waals surface area contributed by atoms with Gasteiger partial charge in [0.25, 0.3) is 11.8 Å². The SMILES string of the molecule is Cc1cccc2c1CC[C@H]2N(Cc1cccnc1C(N)=O)C(=O)c1cccnc1. The third kappa shape index (κ3) is 3.61. The molecule has 0 unspecified atom stereocenters. The molecule has 1 atom stereocenters. The molecule has 2 heterocycles. The molecule has 0 spiro atoms. The van der Waals surface area contributed by atoms with Gasteiger partial charge in [-0.2, -0.15) is 0 Å². The molecule has 3 aromatic rings. The molecule has 2 aromatic heterocycles. The summed E-state index contributed by atoms with van der Waals surface area (Å²) in [6.45, 7) is 2.35. The van der Waals surface area contributed by atoms with Gasteiger partial charge in [0, 0.05) is 30.7 Å². The van der Waals surface area contributed by atoms with Crippen molar-refractivity contribution in [2.24, 2.45) is 5.73 Å². The number of hydrogen-bond acceptors (Lipinski definition) is 4. The number of amides is 2. The maximum Gasteiger partial charge on any atom is 0.267 e. The predicted molar refractivity (Wildman–Crippen MR) is 109 cm³/mol. The highest BCUT2D eigenvalue weighted by Crippen LogP contribution is 2.38. The molecule has 0 aliphatic heterocycles. The molecule has 0 saturated carbocycles. The molecule has 2 N–H and O–H groups in total. The smallest absolute Gasteiger partial charge is 0.267 e. The summed E-state index contributed by atoms with van der Waals surface area (Å²) >= 11 is 0. The lowest BCUT2D eigenvalue weighted by Crippen LogP contribution is -2.34. The zero-order valence-corrected chi connectivity index (χ0v) is 16.2. The average Bonchev–Trinajstić information content (AvgIpc) is 3.17. The minimum absolute atomic E-state index is 0.0847. The van der Waals surface area contributed by atoms with Crippen molar-refractivity contribution in [1.29, 1.82) is 0 Å². The summed E-state index contributed by atoms with van der Waals surface area (Å²) < 4.78 is 0. The van der Waals surface area contributed by atoms with Gasteiger partial charge in [-0.25, -0.2) is 0 Å². The lowest BCUT2D eigenvalue weighted by atomic mass is 10.0. The number of primary amides is 1. The van der Waals surface area contributed by atoms with E-state index in [0.717, 1.165) is 18.4 Å². The molecule has 146 valence electrons. The van der Waals surface area contributed by atoms with Crippen LogP contribution in [0.15, 0.2) is 61.1 Å². The molecule has 2 amide bonds. The van der Waals surface area contributed by atoms with Crippen molar-refractivity contribution in [2.75, 3.05) is 0 Å². The minimum Gasteiger partial charge on any atom is -0.364 e. The van der Waals surface area contributed by atoms with E-state index in [9.17, 15) is 9.59 Å². The summed E-state index contributed by atoms with van der Waals surface area (Å²) in [5.74, 6) is -0.728. The van der Waals surface area contributed by atoms with Crippen molar-refractivity contribution in [3.63, 3.8) is 0 Å². The number of carbonyl (C=O) groups is 2. The van der Waals surface area contributed by atoms with Crippen LogP contribution in [0.1, 0.15) is 55.6 Å². The molecule has 29 heavy (non-hydrogen) atoms. The third-order valence-corrected chi connectivity index (χ3v) is 5.48. The zero-order chi connectivity index (χ0) is 20.4. The number of nitrogens with zero attached hydrogens (tertiary/aromatic N) is 3. The monoisotopic (exact) mass is 386 g/mol. The normalized spacial score (nSPS) is 15.0. The van der Waals surface area contributed by atoms with E-state index in [1.165, 1.54) is 17.3 Å². The van der Waals surface area contributed by atoms with Crippen LogP contribution in [0, 0.1) is 6.92 Å². The fourth-order valence-electron chi connectivity index (χ4n) is 4.09. The fraction of sp³-hybridized carbons (Fsp3) is 0.217. The van der Waals surface area contributed by atoms with E-state index in [-0.39, 0.29) is 24.2 Å². The van der Waals surface area contributed by atoms with Gasteiger partial charge in [0.1, 0.15) is 5.69 Å². The van der Waals surface area contributed by atoms with Crippen LogP contribution in [-0.2, 0) is 13.0 Å². The van der Waals surface area contributed by atoms with Crippen molar-refractivity contribution < 1.29 is 9.59 Å². The van der Waals surface area contributed by atoms with Crippen molar-refractivity contribution >= 4 is 11.8 Å². The molecule has 6 heteroatoms. The van der Waals surface area contributed by atoms with Crippen molar-refractivity contribution in [2.45, 2.75) is 32.4 Å². The molecule has 1 aliphatic carbocycles. The zero-order valence-electron chi connectivity index (χ0n) is 16.2. The number of nitrogens with two attached hydrogens (primary N) is 1. The number of fused-ring (bicyclic) bond motifs is 1. The predicted octanol–water partition coefficient (Wildman–Crippen LogP) is 3.21. The first-order valence-corrected chi connectivity index (χ1v) is 9.59. The molecular formula is C23H22N4O2. The number of pyridine rings is 2. The van der Waals surface area contributed by atoms with Crippen molar-refractivity contribution in [3.8, 4) is 0 Å². The van der Waals surface area contributed by atoms with E-state index in [1.807, 2.05) is 11.0 Å². The van der Waals surface area contributed by atoms with Crippen LogP contribution in [0.25, 0.3) is 0 Å². The topological polar surface area (TPSA) is 89.2 Å². The first-order chi connectivity index (χ1) is 14.1. The van der Waals surface area contributed by atoms with E-state index >= 15 is 0 Å². The second-order valence-corrected chi connectivity index (χ2v) is 7.25. The Kier molecular flexibility index (Phi) is 5.08. The quantitative estimate of drug-likeness (QED) is 0.729. The molecule has 6 nitrogen and oxygen atoms in total. The minimum atomic E-state index is -0.600. The Bertz CT molecular complexity index is 1070. The largest absolute Gasteiger partial charge is 0.364 e. The number of rotatable bonds is 5. The molecule has 1 aromatic carbocycles. The molecule has 0 saturated heterocycles. The van der Waals surface area contributed by atoms with Crippen molar-refractivity contribution in [3.05, 3.63) is 94.6 Å². The molecular weight excluding hydrogens is 364 g/mol. The highest BCUT2D eigenvalue weighted by atomic mass is 16.2. The molecule has 0 bridgehead atoms. The molecule has 1 aliphatic rings. The van der Waals surface area contributed by atoms with E-state index in [4.69, 9.17) is 5.73 Å². The van der Waals surface area contributed by atoms with Crippen LogP contribution >= 0.6 is 0 Å².